The Morgan fingerprint density at radius 1 is 1.00 bits per heavy atom. The Morgan fingerprint density at radius 2 is 1.60 bits per heavy atom. The van der Waals surface area contributed by atoms with Crippen molar-refractivity contribution < 1.29 is 13.2 Å². The number of rotatable bonds is 2. The first-order chi connectivity index (χ1) is 11.2. The van der Waals surface area contributed by atoms with Gasteiger partial charge in [-0.15, -0.1) is 0 Å². The summed E-state index contributed by atoms with van der Waals surface area (Å²) >= 11 is 5.75. The maximum Gasteiger partial charge on any atom is 0.417 e. The van der Waals surface area contributed by atoms with Crippen LogP contribution in [0.2, 0.25) is 5.02 Å². The van der Waals surface area contributed by atoms with Crippen molar-refractivity contribution in [3.05, 3.63) is 41.2 Å². The number of hydrogen-bond donors (Lipinski definition) is 1. The quantitative estimate of drug-likeness (QED) is 0.723. The predicted molar refractivity (Wildman–Crippen MR) is 96.0 cm³/mol. The number of alkyl halides is 3. The SMILES string of the molecule is CC(C)(C)NN1C=CN(c2ccc(Cl)c(C(F)(F)F)c2)C1C(C)(C)C. The lowest BCUT2D eigenvalue weighted by atomic mass is 9.91. The zero-order valence-corrected chi connectivity index (χ0v) is 16.1. The molecule has 0 spiro atoms. The Kier molecular flexibility index (Phi) is 5.10. The van der Waals surface area contributed by atoms with Gasteiger partial charge in [-0.3, -0.25) is 5.01 Å². The highest BCUT2D eigenvalue weighted by atomic mass is 35.5. The minimum Gasteiger partial charge on any atom is -0.324 e. The third-order valence-corrected chi connectivity index (χ3v) is 4.04. The first-order valence-corrected chi connectivity index (χ1v) is 8.47. The molecule has 0 bridgehead atoms. The maximum absolute atomic E-state index is 13.2. The maximum atomic E-state index is 13.2. The second-order valence-corrected chi connectivity index (χ2v) is 8.78. The highest BCUT2D eigenvalue weighted by molar-refractivity contribution is 6.31. The second kappa shape index (κ2) is 6.40. The summed E-state index contributed by atoms with van der Waals surface area (Å²) in [5.41, 5.74) is 2.61. The molecule has 25 heavy (non-hydrogen) atoms. The van der Waals surface area contributed by atoms with E-state index in [0.717, 1.165) is 6.07 Å². The van der Waals surface area contributed by atoms with Gasteiger partial charge in [-0.25, -0.2) is 5.43 Å². The lowest BCUT2D eigenvalue weighted by Gasteiger charge is -2.43. The summed E-state index contributed by atoms with van der Waals surface area (Å²) in [7, 11) is 0. The third kappa shape index (κ3) is 4.61. The summed E-state index contributed by atoms with van der Waals surface area (Å²) in [5.74, 6) is 0. The largest absolute Gasteiger partial charge is 0.417 e. The highest BCUT2D eigenvalue weighted by Crippen LogP contribution is 2.40. The number of hydrazine groups is 1. The van der Waals surface area contributed by atoms with Gasteiger partial charge in [-0.2, -0.15) is 13.2 Å². The molecule has 0 radical (unpaired) electrons. The van der Waals surface area contributed by atoms with E-state index >= 15 is 0 Å². The molecule has 3 nitrogen and oxygen atoms in total. The predicted octanol–water partition coefficient (Wildman–Crippen LogP) is 5.63. The van der Waals surface area contributed by atoms with Crippen LogP contribution in [0.5, 0.6) is 0 Å². The molecule has 1 aliphatic heterocycles. The molecule has 0 aliphatic carbocycles. The number of halogens is 4. The Morgan fingerprint density at radius 3 is 2.08 bits per heavy atom. The zero-order chi connectivity index (χ0) is 19.2. The van der Waals surface area contributed by atoms with Gasteiger partial charge in [0, 0.05) is 29.0 Å². The molecule has 1 aromatic rings. The van der Waals surface area contributed by atoms with E-state index in [4.69, 9.17) is 11.6 Å². The molecule has 0 amide bonds. The van der Waals surface area contributed by atoms with Gasteiger partial charge >= 0.3 is 6.18 Å². The van der Waals surface area contributed by atoms with Gasteiger partial charge in [0.05, 0.1) is 10.6 Å². The molecule has 1 heterocycles. The van der Waals surface area contributed by atoms with E-state index in [0.29, 0.717) is 5.69 Å². The lowest BCUT2D eigenvalue weighted by molar-refractivity contribution is -0.137. The van der Waals surface area contributed by atoms with Gasteiger partial charge in [0.1, 0.15) is 6.17 Å². The highest BCUT2D eigenvalue weighted by Gasteiger charge is 2.40. The van der Waals surface area contributed by atoms with Crippen LogP contribution in [0.15, 0.2) is 30.6 Å². The molecular formula is C18H25ClF3N3. The van der Waals surface area contributed by atoms with Gasteiger partial charge in [-0.1, -0.05) is 32.4 Å². The molecule has 0 fully saturated rings. The van der Waals surface area contributed by atoms with E-state index in [2.05, 4.69) is 26.2 Å². The smallest absolute Gasteiger partial charge is 0.324 e. The summed E-state index contributed by atoms with van der Waals surface area (Å²) in [6.07, 6.45) is -1.04. The van der Waals surface area contributed by atoms with E-state index in [-0.39, 0.29) is 22.1 Å². The third-order valence-electron chi connectivity index (χ3n) is 3.71. The van der Waals surface area contributed by atoms with Crippen LogP contribution in [0.4, 0.5) is 18.9 Å². The van der Waals surface area contributed by atoms with Crippen molar-refractivity contribution in [2.24, 2.45) is 5.41 Å². The summed E-state index contributed by atoms with van der Waals surface area (Å²) < 4.78 is 39.6. The van der Waals surface area contributed by atoms with Crippen molar-refractivity contribution in [2.75, 3.05) is 4.90 Å². The van der Waals surface area contributed by atoms with E-state index in [1.807, 2.05) is 36.9 Å². The fourth-order valence-corrected chi connectivity index (χ4v) is 3.10. The van der Waals surface area contributed by atoms with Gasteiger partial charge in [0.15, 0.2) is 0 Å². The number of anilines is 1. The first-order valence-electron chi connectivity index (χ1n) is 8.10. The standard InChI is InChI=1S/C18H25ClF3N3/c1-16(2,3)15-24(9-10-25(15)23-17(4,5)6)12-7-8-14(19)13(11-12)18(20,21)22/h7-11,15,23H,1-6H3. The zero-order valence-electron chi connectivity index (χ0n) is 15.4. The van der Waals surface area contributed by atoms with E-state index in [9.17, 15) is 13.2 Å². The van der Waals surface area contributed by atoms with Crippen LogP contribution in [-0.2, 0) is 6.18 Å². The first kappa shape index (κ1) is 19.9. The fraction of sp³-hybridized carbons (Fsp3) is 0.556. The monoisotopic (exact) mass is 375 g/mol. The molecule has 0 saturated heterocycles. The minimum atomic E-state index is -4.49. The summed E-state index contributed by atoms with van der Waals surface area (Å²) in [6.45, 7) is 12.3. The Balaban J connectivity index is 2.43. The molecule has 1 aromatic carbocycles. The van der Waals surface area contributed by atoms with E-state index in [1.54, 1.807) is 12.3 Å². The molecule has 140 valence electrons. The molecule has 0 saturated carbocycles. The van der Waals surface area contributed by atoms with Crippen LogP contribution >= 0.6 is 11.6 Å². The minimum absolute atomic E-state index is 0.180. The molecular weight excluding hydrogens is 351 g/mol. The van der Waals surface area contributed by atoms with Crippen molar-refractivity contribution in [3.63, 3.8) is 0 Å². The van der Waals surface area contributed by atoms with Crippen LogP contribution < -0.4 is 10.3 Å². The lowest BCUT2D eigenvalue weighted by Crippen LogP contribution is -2.57. The molecule has 7 heteroatoms. The molecule has 2 rings (SSSR count). The van der Waals surface area contributed by atoms with Crippen LogP contribution in [0, 0.1) is 5.41 Å². The van der Waals surface area contributed by atoms with Gasteiger partial charge in [0.25, 0.3) is 0 Å². The Labute approximate surface area is 152 Å². The Bertz CT molecular complexity index is 657. The normalized spacial score (nSPS) is 19.0. The Hall–Kier alpha value is -1.40. The van der Waals surface area contributed by atoms with Crippen LogP contribution in [-0.4, -0.2) is 16.7 Å². The summed E-state index contributed by atoms with van der Waals surface area (Å²) in [5, 5.41) is 1.65. The van der Waals surface area contributed by atoms with Crippen molar-refractivity contribution >= 4 is 17.3 Å². The fourth-order valence-electron chi connectivity index (χ4n) is 2.88. The molecule has 0 aromatic heterocycles. The average Bonchev–Trinajstić information content (AvgIpc) is 2.79. The van der Waals surface area contributed by atoms with Crippen molar-refractivity contribution in [1.82, 2.24) is 10.4 Å². The summed E-state index contributed by atoms with van der Waals surface area (Å²) in [6, 6.07) is 4.01. The number of nitrogens with one attached hydrogen (secondary N) is 1. The van der Waals surface area contributed by atoms with Gasteiger partial charge in [-0.05, 0) is 39.0 Å². The number of nitrogens with zero attached hydrogens (tertiary/aromatic N) is 2. The molecule has 1 unspecified atom stereocenters. The van der Waals surface area contributed by atoms with E-state index in [1.165, 1.54) is 6.07 Å². The second-order valence-electron chi connectivity index (χ2n) is 8.38. The van der Waals surface area contributed by atoms with Crippen LogP contribution in [0.25, 0.3) is 0 Å². The van der Waals surface area contributed by atoms with Gasteiger partial charge < -0.3 is 4.90 Å². The number of benzene rings is 1. The van der Waals surface area contributed by atoms with Crippen molar-refractivity contribution in [2.45, 2.75) is 59.4 Å². The molecule has 1 N–H and O–H groups in total. The van der Waals surface area contributed by atoms with E-state index < -0.39 is 11.7 Å². The average molecular weight is 376 g/mol. The number of hydrogen-bond acceptors (Lipinski definition) is 3. The topological polar surface area (TPSA) is 18.5 Å². The van der Waals surface area contributed by atoms with Crippen molar-refractivity contribution in [1.29, 1.82) is 0 Å². The van der Waals surface area contributed by atoms with Gasteiger partial charge in [0.2, 0.25) is 0 Å². The summed E-state index contributed by atoms with van der Waals surface area (Å²) in [4.78, 5) is 1.84. The molecule has 1 atom stereocenters. The van der Waals surface area contributed by atoms with Crippen LogP contribution in [0.1, 0.15) is 47.1 Å². The van der Waals surface area contributed by atoms with Crippen LogP contribution in [0.3, 0.4) is 0 Å². The molecule has 1 aliphatic rings. The van der Waals surface area contributed by atoms with Crippen molar-refractivity contribution in [3.8, 4) is 0 Å².